The lowest BCUT2D eigenvalue weighted by Gasteiger charge is -2.30. The van der Waals surface area contributed by atoms with Gasteiger partial charge in [0, 0.05) is 13.7 Å². The van der Waals surface area contributed by atoms with Crippen LogP contribution in [0.3, 0.4) is 0 Å². The van der Waals surface area contributed by atoms with Crippen molar-refractivity contribution in [3.63, 3.8) is 0 Å². The third-order valence-corrected chi connectivity index (χ3v) is 4.48. The number of benzene rings is 1. The van der Waals surface area contributed by atoms with Gasteiger partial charge in [-0.3, -0.25) is 4.79 Å². The highest BCUT2D eigenvalue weighted by atomic mass is 16.5. The van der Waals surface area contributed by atoms with Gasteiger partial charge in [-0.25, -0.2) is 0 Å². The second-order valence-corrected chi connectivity index (χ2v) is 5.75. The number of para-hydroxylation sites is 1. The van der Waals surface area contributed by atoms with Gasteiger partial charge in [-0.05, 0) is 25.0 Å². The highest BCUT2D eigenvalue weighted by Crippen LogP contribution is 2.31. The van der Waals surface area contributed by atoms with Gasteiger partial charge in [0.2, 0.25) is 5.91 Å². The molecule has 22 heavy (non-hydrogen) atoms. The number of carbonyl (C=O) groups excluding carboxylic acids is 1. The number of ether oxygens (including phenoxy) is 3. The first-order valence-electron chi connectivity index (χ1n) is 7.91. The fourth-order valence-corrected chi connectivity index (χ4v) is 3.43. The Hall–Kier alpha value is -1.59. The molecule has 1 aromatic carbocycles. The van der Waals surface area contributed by atoms with Crippen LogP contribution in [0.1, 0.15) is 19.3 Å². The summed E-state index contributed by atoms with van der Waals surface area (Å²) in [5, 5.41) is 0. The fourth-order valence-electron chi connectivity index (χ4n) is 3.43. The van der Waals surface area contributed by atoms with E-state index in [0.717, 1.165) is 18.6 Å². The fraction of sp³-hybridized carbons (Fsp3) is 0.588. The number of rotatable bonds is 5. The Morgan fingerprint density at radius 2 is 2.14 bits per heavy atom. The lowest BCUT2D eigenvalue weighted by atomic mass is 10.1. The van der Waals surface area contributed by atoms with Gasteiger partial charge in [0.05, 0.1) is 31.8 Å². The number of methoxy groups -OCH3 is 1. The van der Waals surface area contributed by atoms with E-state index >= 15 is 0 Å². The lowest BCUT2D eigenvalue weighted by molar-refractivity contribution is -0.135. The van der Waals surface area contributed by atoms with E-state index in [0.29, 0.717) is 26.2 Å². The zero-order valence-corrected chi connectivity index (χ0v) is 12.9. The number of fused-ring (bicyclic) bond motifs is 2. The third kappa shape index (κ3) is 3.25. The molecule has 0 aromatic heterocycles. The van der Waals surface area contributed by atoms with Crippen molar-refractivity contribution in [2.45, 2.75) is 37.5 Å². The first-order chi connectivity index (χ1) is 10.8. The van der Waals surface area contributed by atoms with Crippen molar-refractivity contribution in [1.29, 1.82) is 0 Å². The molecule has 2 fully saturated rings. The van der Waals surface area contributed by atoms with Crippen molar-refractivity contribution in [1.82, 2.24) is 4.90 Å². The van der Waals surface area contributed by atoms with Crippen molar-refractivity contribution in [2.75, 3.05) is 26.9 Å². The molecule has 1 aliphatic carbocycles. The zero-order valence-electron chi connectivity index (χ0n) is 12.9. The van der Waals surface area contributed by atoms with Crippen molar-refractivity contribution < 1.29 is 19.0 Å². The Kier molecular flexibility index (Phi) is 4.95. The van der Waals surface area contributed by atoms with Crippen molar-refractivity contribution in [3.8, 4) is 5.75 Å². The molecule has 2 bridgehead atoms. The molecule has 1 heterocycles. The molecule has 0 N–H and O–H groups in total. The SMILES string of the molecule is CO[C@H]1[C@H]2CC[C@H]1OCCN2C(=O)CCOc1ccccc1. The van der Waals surface area contributed by atoms with Gasteiger partial charge in [-0.15, -0.1) is 0 Å². The summed E-state index contributed by atoms with van der Waals surface area (Å²) < 4.78 is 17.0. The molecule has 1 aromatic rings. The highest BCUT2D eigenvalue weighted by Gasteiger charge is 2.43. The molecule has 3 atom stereocenters. The van der Waals surface area contributed by atoms with Crippen LogP contribution < -0.4 is 4.74 Å². The van der Waals surface area contributed by atoms with Crippen LogP contribution in [0.25, 0.3) is 0 Å². The molecular weight excluding hydrogens is 282 g/mol. The summed E-state index contributed by atoms with van der Waals surface area (Å²) in [5.74, 6) is 0.916. The Bertz CT molecular complexity index is 493. The normalized spacial score (nSPS) is 27.5. The molecule has 1 saturated heterocycles. The summed E-state index contributed by atoms with van der Waals surface area (Å²) in [6.45, 7) is 1.63. The molecular formula is C17H23NO4. The van der Waals surface area contributed by atoms with E-state index in [4.69, 9.17) is 14.2 Å². The molecule has 5 heteroatoms. The summed E-state index contributed by atoms with van der Waals surface area (Å²) >= 11 is 0. The molecule has 1 amide bonds. The van der Waals surface area contributed by atoms with E-state index in [1.807, 2.05) is 35.2 Å². The number of hydrogen-bond donors (Lipinski definition) is 0. The van der Waals surface area contributed by atoms with Crippen LogP contribution in [0.2, 0.25) is 0 Å². The minimum absolute atomic E-state index is 0.00138. The minimum atomic E-state index is 0.00138. The largest absolute Gasteiger partial charge is 0.493 e. The van der Waals surface area contributed by atoms with Crippen LogP contribution in [-0.2, 0) is 14.3 Å². The highest BCUT2D eigenvalue weighted by molar-refractivity contribution is 5.77. The number of hydrogen-bond acceptors (Lipinski definition) is 4. The Balaban J connectivity index is 1.55. The number of nitrogens with zero attached hydrogens (tertiary/aromatic N) is 1. The molecule has 1 saturated carbocycles. The van der Waals surface area contributed by atoms with E-state index in [1.165, 1.54) is 0 Å². The molecule has 1 aliphatic heterocycles. The van der Waals surface area contributed by atoms with Gasteiger partial charge < -0.3 is 19.1 Å². The molecule has 2 aliphatic rings. The second kappa shape index (κ2) is 7.11. The van der Waals surface area contributed by atoms with Gasteiger partial charge in [-0.1, -0.05) is 18.2 Å². The topological polar surface area (TPSA) is 48.0 Å². The van der Waals surface area contributed by atoms with Gasteiger partial charge >= 0.3 is 0 Å². The molecule has 3 rings (SSSR count). The van der Waals surface area contributed by atoms with Crippen LogP contribution in [0.5, 0.6) is 5.75 Å². The maximum atomic E-state index is 12.5. The first kappa shape index (κ1) is 15.3. The number of amides is 1. The zero-order chi connectivity index (χ0) is 15.4. The van der Waals surface area contributed by atoms with Crippen LogP contribution in [0.15, 0.2) is 30.3 Å². The summed E-state index contributed by atoms with van der Waals surface area (Å²) in [6.07, 6.45) is 2.43. The predicted molar refractivity (Wildman–Crippen MR) is 81.8 cm³/mol. The van der Waals surface area contributed by atoms with E-state index in [1.54, 1.807) is 7.11 Å². The number of carbonyl (C=O) groups is 1. The molecule has 0 radical (unpaired) electrons. The van der Waals surface area contributed by atoms with E-state index in [-0.39, 0.29) is 24.2 Å². The summed E-state index contributed by atoms with van der Waals surface area (Å²) in [7, 11) is 1.70. The Morgan fingerprint density at radius 3 is 2.91 bits per heavy atom. The predicted octanol–water partition coefficient (Wildman–Crippen LogP) is 1.86. The standard InChI is InChI=1S/C17H23NO4/c1-20-17-14-7-8-15(17)22-12-10-18(14)16(19)9-11-21-13-5-3-2-4-6-13/h2-6,14-15,17H,7-12H2,1H3/t14-,15-,17+/m1/s1. The molecule has 0 unspecified atom stereocenters. The Morgan fingerprint density at radius 1 is 1.32 bits per heavy atom. The second-order valence-electron chi connectivity index (χ2n) is 5.75. The lowest BCUT2D eigenvalue weighted by Crippen LogP contribution is -2.46. The molecule has 5 nitrogen and oxygen atoms in total. The van der Waals surface area contributed by atoms with Gasteiger partial charge in [-0.2, -0.15) is 0 Å². The molecule has 120 valence electrons. The van der Waals surface area contributed by atoms with Crippen LogP contribution in [0.4, 0.5) is 0 Å². The van der Waals surface area contributed by atoms with Crippen LogP contribution in [0, 0.1) is 0 Å². The van der Waals surface area contributed by atoms with E-state index in [2.05, 4.69) is 0 Å². The van der Waals surface area contributed by atoms with E-state index in [9.17, 15) is 4.79 Å². The van der Waals surface area contributed by atoms with Crippen LogP contribution >= 0.6 is 0 Å². The van der Waals surface area contributed by atoms with Gasteiger partial charge in [0.25, 0.3) is 0 Å². The van der Waals surface area contributed by atoms with Crippen molar-refractivity contribution >= 4 is 5.91 Å². The monoisotopic (exact) mass is 305 g/mol. The smallest absolute Gasteiger partial charge is 0.226 e. The Labute approximate surface area is 131 Å². The summed E-state index contributed by atoms with van der Waals surface area (Å²) in [4.78, 5) is 14.5. The van der Waals surface area contributed by atoms with Crippen LogP contribution in [-0.4, -0.2) is 55.9 Å². The van der Waals surface area contributed by atoms with Crippen molar-refractivity contribution in [3.05, 3.63) is 30.3 Å². The third-order valence-electron chi connectivity index (χ3n) is 4.48. The summed E-state index contributed by atoms with van der Waals surface area (Å²) in [5.41, 5.74) is 0. The maximum absolute atomic E-state index is 12.5. The van der Waals surface area contributed by atoms with Gasteiger partial charge in [0.1, 0.15) is 11.9 Å². The summed E-state index contributed by atoms with van der Waals surface area (Å²) in [6, 6.07) is 9.72. The first-order valence-corrected chi connectivity index (χ1v) is 7.91. The average molecular weight is 305 g/mol. The maximum Gasteiger partial charge on any atom is 0.226 e. The minimum Gasteiger partial charge on any atom is -0.493 e. The van der Waals surface area contributed by atoms with Gasteiger partial charge in [0.15, 0.2) is 0 Å². The quantitative estimate of drug-likeness (QED) is 0.833. The van der Waals surface area contributed by atoms with E-state index < -0.39 is 0 Å². The molecule has 0 spiro atoms. The average Bonchev–Trinajstić information content (AvgIpc) is 2.83. The van der Waals surface area contributed by atoms with Crippen molar-refractivity contribution in [2.24, 2.45) is 0 Å².